The van der Waals surface area contributed by atoms with Crippen LogP contribution in [0.15, 0.2) is 0 Å². The summed E-state index contributed by atoms with van der Waals surface area (Å²) in [4.78, 5) is 0. The Balaban J connectivity index is 1.40. The molecule has 96 valence electrons. The number of epoxide rings is 2. The lowest BCUT2D eigenvalue weighted by molar-refractivity contribution is 0.108. The highest BCUT2D eigenvalue weighted by molar-refractivity contribution is 5.04. The number of hydrogen-bond acceptors (Lipinski definition) is 2. The Hall–Kier alpha value is -0.0800. The molecule has 2 heterocycles. The number of rotatable bonds is 2. The van der Waals surface area contributed by atoms with Crippen molar-refractivity contribution in [3.8, 4) is 0 Å². The van der Waals surface area contributed by atoms with Gasteiger partial charge in [0, 0.05) is 0 Å². The summed E-state index contributed by atoms with van der Waals surface area (Å²) >= 11 is 0. The fourth-order valence-electron chi connectivity index (χ4n) is 4.51. The Kier molecular flexibility index (Phi) is 2.21. The normalized spacial score (nSPS) is 54.7. The van der Waals surface area contributed by atoms with Gasteiger partial charge in [-0.2, -0.15) is 0 Å². The molecule has 0 amide bonds. The first kappa shape index (κ1) is 10.8. The topological polar surface area (TPSA) is 25.1 Å². The van der Waals surface area contributed by atoms with Gasteiger partial charge >= 0.3 is 0 Å². The van der Waals surface area contributed by atoms with E-state index >= 15 is 0 Å². The van der Waals surface area contributed by atoms with E-state index in [1.807, 2.05) is 0 Å². The molecule has 4 fully saturated rings. The average molecular weight is 236 g/mol. The van der Waals surface area contributed by atoms with E-state index in [9.17, 15) is 0 Å². The van der Waals surface area contributed by atoms with Crippen molar-refractivity contribution in [3.63, 3.8) is 0 Å². The van der Waals surface area contributed by atoms with Crippen LogP contribution < -0.4 is 0 Å². The van der Waals surface area contributed by atoms with Crippen molar-refractivity contribution in [2.24, 2.45) is 17.3 Å². The number of hydrogen-bond donors (Lipinski definition) is 0. The molecular weight excluding hydrogens is 212 g/mol. The Morgan fingerprint density at radius 1 is 0.941 bits per heavy atom. The smallest absolute Gasteiger partial charge is 0.0895 e. The molecule has 0 aromatic carbocycles. The molecule has 2 aliphatic carbocycles. The second-order valence-corrected chi connectivity index (χ2v) is 7.32. The zero-order valence-corrected chi connectivity index (χ0v) is 11.0. The zero-order valence-electron chi connectivity index (χ0n) is 11.0. The van der Waals surface area contributed by atoms with Gasteiger partial charge < -0.3 is 9.47 Å². The molecule has 0 bridgehead atoms. The molecular formula is C15H24O2. The van der Waals surface area contributed by atoms with Gasteiger partial charge in [0.2, 0.25) is 0 Å². The molecule has 2 saturated heterocycles. The molecule has 2 aliphatic heterocycles. The highest BCUT2D eigenvalue weighted by atomic mass is 16.6. The standard InChI is InChI=1S/C15H24O2/c1-15(2)10(4-6-12-14(15)17-12)7-9-3-5-11-13(8-9)16-11/h9-14H,3-8H2,1-2H3. The third kappa shape index (κ3) is 1.76. The summed E-state index contributed by atoms with van der Waals surface area (Å²) in [7, 11) is 0. The zero-order chi connectivity index (χ0) is 11.6. The summed E-state index contributed by atoms with van der Waals surface area (Å²) in [5, 5.41) is 0. The molecule has 0 spiro atoms. The van der Waals surface area contributed by atoms with Crippen LogP contribution in [0.25, 0.3) is 0 Å². The monoisotopic (exact) mass is 236 g/mol. The summed E-state index contributed by atoms with van der Waals surface area (Å²) in [5.41, 5.74) is 0.421. The van der Waals surface area contributed by atoms with Crippen LogP contribution in [0.1, 0.15) is 52.4 Å². The Labute approximate surface area is 104 Å². The highest BCUT2D eigenvalue weighted by Gasteiger charge is 2.56. The van der Waals surface area contributed by atoms with E-state index in [-0.39, 0.29) is 0 Å². The van der Waals surface area contributed by atoms with Crippen molar-refractivity contribution in [2.45, 2.75) is 76.8 Å². The van der Waals surface area contributed by atoms with E-state index < -0.39 is 0 Å². The second kappa shape index (κ2) is 3.48. The lowest BCUT2D eigenvalue weighted by Gasteiger charge is -2.38. The largest absolute Gasteiger partial charge is 0.370 e. The molecule has 6 unspecified atom stereocenters. The minimum Gasteiger partial charge on any atom is -0.370 e. The van der Waals surface area contributed by atoms with Gasteiger partial charge in [-0.15, -0.1) is 0 Å². The number of ether oxygens (including phenoxy) is 2. The van der Waals surface area contributed by atoms with Crippen molar-refractivity contribution in [2.75, 3.05) is 0 Å². The molecule has 0 N–H and O–H groups in total. The predicted octanol–water partition coefficient (Wildman–Crippen LogP) is 3.15. The SMILES string of the molecule is CC1(C)C(CC2CCC3OC3C2)CCC2OC21. The molecule has 2 saturated carbocycles. The lowest BCUT2D eigenvalue weighted by Crippen LogP contribution is -2.36. The first-order valence-corrected chi connectivity index (χ1v) is 7.45. The molecule has 0 aromatic heterocycles. The van der Waals surface area contributed by atoms with Gasteiger partial charge in [-0.3, -0.25) is 0 Å². The second-order valence-electron chi connectivity index (χ2n) is 7.32. The van der Waals surface area contributed by atoms with Crippen molar-refractivity contribution in [1.82, 2.24) is 0 Å². The predicted molar refractivity (Wildman–Crippen MR) is 65.8 cm³/mol. The quantitative estimate of drug-likeness (QED) is 0.688. The highest BCUT2D eigenvalue weighted by Crippen LogP contribution is 2.54. The van der Waals surface area contributed by atoms with E-state index in [1.165, 1.54) is 38.5 Å². The molecule has 0 aromatic rings. The fraction of sp³-hybridized carbons (Fsp3) is 1.00. The molecule has 4 aliphatic rings. The minimum absolute atomic E-state index is 0.421. The summed E-state index contributed by atoms with van der Waals surface area (Å²) in [6.45, 7) is 4.86. The van der Waals surface area contributed by atoms with Gasteiger partial charge in [-0.1, -0.05) is 13.8 Å². The van der Waals surface area contributed by atoms with E-state index in [0.29, 0.717) is 29.8 Å². The van der Waals surface area contributed by atoms with E-state index in [4.69, 9.17) is 9.47 Å². The van der Waals surface area contributed by atoms with Crippen LogP contribution in [0, 0.1) is 17.3 Å². The maximum absolute atomic E-state index is 5.82. The molecule has 6 atom stereocenters. The maximum Gasteiger partial charge on any atom is 0.0895 e. The first-order chi connectivity index (χ1) is 8.14. The molecule has 0 radical (unpaired) electrons. The summed E-state index contributed by atoms with van der Waals surface area (Å²) in [6, 6.07) is 0. The van der Waals surface area contributed by atoms with Gasteiger partial charge in [0.1, 0.15) is 0 Å². The van der Waals surface area contributed by atoms with Crippen molar-refractivity contribution in [3.05, 3.63) is 0 Å². The van der Waals surface area contributed by atoms with Crippen LogP contribution in [0.5, 0.6) is 0 Å². The number of fused-ring (bicyclic) bond motifs is 2. The first-order valence-electron chi connectivity index (χ1n) is 7.45. The molecule has 17 heavy (non-hydrogen) atoms. The van der Waals surface area contributed by atoms with Crippen LogP contribution in [0.4, 0.5) is 0 Å². The van der Waals surface area contributed by atoms with Crippen LogP contribution >= 0.6 is 0 Å². The van der Waals surface area contributed by atoms with Crippen LogP contribution in [-0.4, -0.2) is 24.4 Å². The van der Waals surface area contributed by atoms with Crippen molar-refractivity contribution < 1.29 is 9.47 Å². The summed E-state index contributed by atoms with van der Waals surface area (Å²) < 4.78 is 11.5. The Bertz CT molecular complexity index is 325. The van der Waals surface area contributed by atoms with E-state index in [2.05, 4.69) is 13.8 Å². The fourth-order valence-corrected chi connectivity index (χ4v) is 4.51. The van der Waals surface area contributed by atoms with Crippen LogP contribution in [0.2, 0.25) is 0 Å². The maximum atomic E-state index is 5.82. The summed E-state index contributed by atoms with van der Waals surface area (Å²) in [6.07, 6.45) is 10.7. The lowest BCUT2D eigenvalue weighted by atomic mass is 9.65. The van der Waals surface area contributed by atoms with Gasteiger partial charge in [0.15, 0.2) is 0 Å². The third-order valence-corrected chi connectivity index (χ3v) is 5.90. The molecule has 2 nitrogen and oxygen atoms in total. The average Bonchev–Trinajstić information content (AvgIpc) is 3.14. The van der Waals surface area contributed by atoms with Gasteiger partial charge in [-0.25, -0.2) is 0 Å². The minimum atomic E-state index is 0.421. The van der Waals surface area contributed by atoms with Gasteiger partial charge in [0.25, 0.3) is 0 Å². The van der Waals surface area contributed by atoms with E-state index in [1.54, 1.807) is 0 Å². The van der Waals surface area contributed by atoms with E-state index in [0.717, 1.165) is 11.8 Å². The Morgan fingerprint density at radius 2 is 1.76 bits per heavy atom. The van der Waals surface area contributed by atoms with Crippen LogP contribution in [-0.2, 0) is 9.47 Å². The van der Waals surface area contributed by atoms with Crippen molar-refractivity contribution >= 4 is 0 Å². The molecule has 4 rings (SSSR count). The Morgan fingerprint density at radius 3 is 2.59 bits per heavy atom. The van der Waals surface area contributed by atoms with Crippen molar-refractivity contribution in [1.29, 1.82) is 0 Å². The van der Waals surface area contributed by atoms with Gasteiger partial charge in [-0.05, 0) is 55.8 Å². The van der Waals surface area contributed by atoms with Gasteiger partial charge in [0.05, 0.1) is 24.4 Å². The summed E-state index contributed by atoms with van der Waals surface area (Å²) in [5.74, 6) is 1.81. The molecule has 2 heteroatoms. The third-order valence-electron chi connectivity index (χ3n) is 5.90. The van der Waals surface area contributed by atoms with Crippen LogP contribution in [0.3, 0.4) is 0 Å².